The van der Waals surface area contributed by atoms with Crippen molar-refractivity contribution in [3.8, 4) is 56.9 Å². The summed E-state index contributed by atoms with van der Waals surface area (Å²) >= 11 is 1.86. The van der Waals surface area contributed by atoms with Crippen molar-refractivity contribution in [1.29, 1.82) is 0 Å². The molecule has 0 saturated heterocycles. The van der Waals surface area contributed by atoms with E-state index in [1.807, 2.05) is 84.1 Å². The molecule has 0 bridgehead atoms. The molecule has 0 radical (unpaired) electrons. The van der Waals surface area contributed by atoms with Crippen LogP contribution in [-0.4, -0.2) is 29.9 Å². The molecule has 8 aromatic carbocycles. The van der Waals surface area contributed by atoms with Gasteiger partial charge in [0.15, 0.2) is 34.9 Å². The van der Waals surface area contributed by atoms with Gasteiger partial charge in [-0.2, -0.15) is 0 Å². The van der Waals surface area contributed by atoms with Gasteiger partial charge in [0.05, 0.1) is 5.41 Å². The molecule has 0 fully saturated rings. The Hall–Kier alpha value is -8.52. The summed E-state index contributed by atoms with van der Waals surface area (Å²) in [7, 11) is 0. The number of fused-ring (bicyclic) bond motifs is 7. The van der Waals surface area contributed by atoms with Gasteiger partial charge in [-0.1, -0.05) is 218 Å². The predicted molar refractivity (Wildman–Crippen MR) is 276 cm³/mol. The second-order valence-electron chi connectivity index (χ2n) is 17.3. The molecule has 2 atom stereocenters. The third-order valence-electron chi connectivity index (χ3n) is 13.5. The number of benzene rings is 8. The highest BCUT2D eigenvalue weighted by molar-refractivity contribution is 7.26. The lowest BCUT2D eigenvalue weighted by molar-refractivity contribution is 0.458. The van der Waals surface area contributed by atoms with E-state index in [4.69, 9.17) is 29.9 Å². The molecule has 0 N–H and O–H groups in total. The van der Waals surface area contributed by atoms with Crippen LogP contribution >= 0.6 is 11.3 Å². The Morgan fingerprint density at radius 1 is 0.412 bits per heavy atom. The first-order valence-electron chi connectivity index (χ1n) is 22.9. The van der Waals surface area contributed by atoms with E-state index in [2.05, 4.69) is 158 Å². The highest BCUT2D eigenvalue weighted by Crippen LogP contribution is 2.63. The molecular formula is C61H40N6S. The van der Waals surface area contributed by atoms with E-state index in [0.29, 0.717) is 34.9 Å². The summed E-state index contributed by atoms with van der Waals surface area (Å²) < 4.78 is 2.46. The minimum absolute atomic E-state index is 0.000849. The maximum atomic E-state index is 5.40. The molecule has 2 aliphatic carbocycles. The van der Waals surface area contributed by atoms with Crippen LogP contribution in [0.25, 0.3) is 82.7 Å². The topological polar surface area (TPSA) is 77.3 Å². The Bertz CT molecular complexity index is 3570. The van der Waals surface area contributed by atoms with E-state index in [0.717, 1.165) is 38.8 Å². The highest BCUT2D eigenvalue weighted by atomic mass is 32.1. The van der Waals surface area contributed by atoms with E-state index in [9.17, 15) is 0 Å². The summed E-state index contributed by atoms with van der Waals surface area (Å²) in [6.45, 7) is 0. The number of rotatable bonds is 8. The van der Waals surface area contributed by atoms with E-state index in [1.165, 1.54) is 37.0 Å². The number of thiophene rings is 1. The third-order valence-corrected chi connectivity index (χ3v) is 14.7. The van der Waals surface area contributed by atoms with Gasteiger partial charge in [0, 0.05) is 65.4 Å². The first-order valence-corrected chi connectivity index (χ1v) is 23.8. The van der Waals surface area contributed by atoms with Crippen molar-refractivity contribution in [2.75, 3.05) is 0 Å². The second-order valence-corrected chi connectivity index (χ2v) is 18.4. The molecule has 320 valence electrons. The number of allylic oxidation sites excluding steroid dienone is 4. The fourth-order valence-electron chi connectivity index (χ4n) is 10.6. The number of aromatic nitrogens is 6. The van der Waals surface area contributed by atoms with Crippen molar-refractivity contribution in [3.63, 3.8) is 0 Å². The van der Waals surface area contributed by atoms with Crippen LogP contribution < -0.4 is 0 Å². The summed E-state index contributed by atoms with van der Waals surface area (Å²) in [4.78, 5) is 31.5. The molecule has 0 spiro atoms. The van der Waals surface area contributed by atoms with Crippen molar-refractivity contribution >= 4 is 37.1 Å². The summed E-state index contributed by atoms with van der Waals surface area (Å²) in [5.41, 5.74) is 9.97. The van der Waals surface area contributed by atoms with Gasteiger partial charge >= 0.3 is 0 Å². The molecule has 13 rings (SSSR count). The summed E-state index contributed by atoms with van der Waals surface area (Å²) in [5, 5.41) is 2.34. The summed E-state index contributed by atoms with van der Waals surface area (Å²) in [6, 6.07) is 74.2. The van der Waals surface area contributed by atoms with Gasteiger partial charge in [0.1, 0.15) is 0 Å². The molecular weight excluding hydrogens is 849 g/mol. The van der Waals surface area contributed by atoms with Crippen molar-refractivity contribution in [2.45, 2.75) is 11.3 Å². The molecule has 68 heavy (non-hydrogen) atoms. The SMILES string of the molecule is C1=CC2c3c(cc(-c4nc(-c5ccccc5)nc(-c5ccccc5)n4)c4c3sc3ccccc34)C(c3ccccc3)(c3ccccc3)C2C=C1c1nc(-c2ccccc2)nc(-c2ccccc2)n1. The van der Waals surface area contributed by atoms with Crippen molar-refractivity contribution in [2.24, 2.45) is 5.92 Å². The molecule has 3 aromatic heterocycles. The lowest BCUT2D eigenvalue weighted by atomic mass is 9.62. The zero-order chi connectivity index (χ0) is 45.0. The molecule has 11 aromatic rings. The minimum Gasteiger partial charge on any atom is -0.208 e. The average Bonchev–Trinajstić information content (AvgIpc) is 3.96. The smallest absolute Gasteiger partial charge is 0.164 e. The van der Waals surface area contributed by atoms with E-state index in [1.54, 1.807) is 0 Å². The van der Waals surface area contributed by atoms with Crippen molar-refractivity contribution in [3.05, 3.63) is 259 Å². The standard InChI is InChI=1S/C61H40N6S/c1-7-21-39(22-8-1)55-62-56(40-23-9-2-10-24-40)65-59(64-55)43-35-36-46-49(37-43)61(44-29-15-5-16-30-44,45-31-17-6-18-32-45)50-38-48(52-47-33-19-20-34-51(47)68-54(52)53(46)50)60-66-57(41-25-11-3-12-26-41)63-58(67-60)42-27-13-4-14-28-42/h1-38,46,49H. The Morgan fingerprint density at radius 2 is 0.824 bits per heavy atom. The van der Waals surface area contributed by atoms with Crippen LogP contribution in [0.15, 0.2) is 231 Å². The zero-order valence-corrected chi connectivity index (χ0v) is 37.5. The van der Waals surface area contributed by atoms with Gasteiger partial charge in [0.25, 0.3) is 0 Å². The molecule has 7 heteroatoms. The summed E-state index contributed by atoms with van der Waals surface area (Å²) in [6.07, 6.45) is 7.10. The summed E-state index contributed by atoms with van der Waals surface area (Å²) in [5.74, 6) is 3.73. The molecule has 0 amide bonds. The van der Waals surface area contributed by atoms with Crippen LogP contribution in [0.2, 0.25) is 0 Å². The quantitative estimate of drug-likeness (QED) is 0.151. The van der Waals surface area contributed by atoms with Crippen LogP contribution in [0.4, 0.5) is 0 Å². The Balaban J connectivity index is 1.11. The predicted octanol–water partition coefficient (Wildman–Crippen LogP) is 14.5. The maximum absolute atomic E-state index is 5.40. The van der Waals surface area contributed by atoms with Crippen LogP contribution in [0, 0.1) is 5.92 Å². The third kappa shape index (κ3) is 6.54. The number of nitrogens with zero attached hydrogens (tertiary/aromatic N) is 6. The average molecular weight is 889 g/mol. The van der Waals surface area contributed by atoms with Gasteiger partial charge in [-0.3, -0.25) is 0 Å². The Labute approximate surface area is 397 Å². The van der Waals surface area contributed by atoms with Gasteiger partial charge in [-0.05, 0) is 34.4 Å². The van der Waals surface area contributed by atoms with Crippen LogP contribution in [-0.2, 0) is 5.41 Å². The Kier molecular flexibility index (Phi) is 9.61. The Morgan fingerprint density at radius 3 is 1.31 bits per heavy atom. The van der Waals surface area contributed by atoms with Gasteiger partial charge in [-0.25, -0.2) is 29.9 Å². The minimum atomic E-state index is -0.660. The number of hydrogen-bond acceptors (Lipinski definition) is 7. The van der Waals surface area contributed by atoms with Crippen molar-refractivity contribution in [1.82, 2.24) is 29.9 Å². The monoisotopic (exact) mass is 888 g/mol. The van der Waals surface area contributed by atoms with Crippen LogP contribution in [0.5, 0.6) is 0 Å². The van der Waals surface area contributed by atoms with E-state index in [-0.39, 0.29) is 11.8 Å². The van der Waals surface area contributed by atoms with Crippen LogP contribution in [0.1, 0.15) is 34.0 Å². The molecule has 6 nitrogen and oxygen atoms in total. The molecule has 3 heterocycles. The van der Waals surface area contributed by atoms with Crippen LogP contribution in [0.3, 0.4) is 0 Å². The van der Waals surface area contributed by atoms with Crippen molar-refractivity contribution < 1.29 is 0 Å². The molecule has 2 unspecified atom stereocenters. The fourth-order valence-corrected chi connectivity index (χ4v) is 11.9. The zero-order valence-electron chi connectivity index (χ0n) is 36.7. The van der Waals surface area contributed by atoms with Gasteiger partial charge < -0.3 is 0 Å². The first-order chi connectivity index (χ1) is 33.7. The normalized spacial score (nSPS) is 15.8. The van der Waals surface area contributed by atoms with E-state index >= 15 is 0 Å². The fraction of sp³-hybridized carbons (Fsp3) is 0.0492. The lowest BCUT2D eigenvalue weighted by Crippen LogP contribution is -2.35. The van der Waals surface area contributed by atoms with E-state index < -0.39 is 5.41 Å². The largest absolute Gasteiger partial charge is 0.208 e. The number of hydrogen-bond donors (Lipinski definition) is 0. The van der Waals surface area contributed by atoms with Gasteiger partial charge in [0.2, 0.25) is 0 Å². The molecule has 0 saturated carbocycles. The van der Waals surface area contributed by atoms with Gasteiger partial charge in [-0.15, -0.1) is 11.3 Å². The maximum Gasteiger partial charge on any atom is 0.164 e. The molecule has 0 aliphatic heterocycles. The molecule has 2 aliphatic rings. The second kappa shape index (κ2) is 16.4. The first kappa shape index (κ1) is 39.8. The highest BCUT2D eigenvalue weighted by Gasteiger charge is 2.55. The lowest BCUT2D eigenvalue weighted by Gasteiger charge is -2.39.